The molecule has 1 unspecified atom stereocenters. The second kappa shape index (κ2) is 5.41. The smallest absolute Gasteiger partial charge is 0.142 e. The largest absolute Gasteiger partial charge is 0.489 e. The van der Waals surface area contributed by atoms with Gasteiger partial charge in [0, 0.05) is 18.1 Å². The monoisotopic (exact) mass is 262 g/mol. The molecule has 0 amide bonds. The quantitative estimate of drug-likeness (QED) is 0.909. The summed E-state index contributed by atoms with van der Waals surface area (Å²) in [5.41, 5.74) is 7.45. The van der Waals surface area contributed by atoms with Crippen LogP contribution < -0.4 is 15.4 Å². The highest BCUT2D eigenvalue weighted by Crippen LogP contribution is 2.37. The van der Waals surface area contributed by atoms with Gasteiger partial charge < -0.3 is 15.4 Å². The van der Waals surface area contributed by atoms with E-state index in [1.807, 2.05) is 12.1 Å². The zero-order valence-electron chi connectivity index (χ0n) is 12.5. The molecule has 0 aromatic heterocycles. The van der Waals surface area contributed by atoms with Crippen LogP contribution in [0.4, 0.5) is 5.69 Å². The van der Waals surface area contributed by atoms with Crippen molar-refractivity contribution in [1.29, 1.82) is 0 Å². The van der Waals surface area contributed by atoms with Crippen molar-refractivity contribution >= 4 is 5.69 Å². The van der Waals surface area contributed by atoms with Crippen LogP contribution in [0.15, 0.2) is 24.3 Å². The topological polar surface area (TPSA) is 38.5 Å². The molecule has 1 atom stereocenters. The number of nitrogens with two attached hydrogens (primary N) is 1. The van der Waals surface area contributed by atoms with Gasteiger partial charge in [-0.3, -0.25) is 0 Å². The molecule has 1 heterocycles. The van der Waals surface area contributed by atoms with Crippen molar-refractivity contribution in [2.24, 2.45) is 5.73 Å². The van der Waals surface area contributed by atoms with Crippen molar-refractivity contribution < 1.29 is 4.74 Å². The number of nitrogens with zero attached hydrogens (tertiary/aromatic N) is 1. The number of hydrogen-bond donors (Lipinski definition) is 1. The number of anilines is 1. The van der Waals surface area contributed by atoms with Gasteiger partial charge in [-0.15, -0.1) is 0 Å². The maximum atomic E-state index is 6.15. The summed E-state index contributed by atoms with van der Waals surface area (Å²) in [6, 6.07) is 8.53. The van der Waals surface area contributed by atoms with Gasteiger partial charge in [-0.1, -0.05) is 12.1 Å². The summed E-state index contributed by atoms with van der Waals surface area (Å²) in [4.78, 5) is 2.40. The average molecular weight is 262 g/mol. The molecule has 1 fully saturated rings. The lowest BCUT2D eigenvalue weighted by Gasteiger charge is -2.46. The van der Waals surface area contributed by atoms with E-state index in [0.717, 1.165) is 30.8 Å². The van der Waals surface area contributed by atoms with Gasteiger partial charge in [0.15, 0.2) is 0 Å². The standard InChI is InChI=1S/C16H26N2O/c1-12(2)19-15-8-6-5-7-14(15)18-11-13(17)9-10-16(18,3)4/h5-8,12-13H,9-11,17H2,1-4H3. The molecule has 3 heteroatoms. The minimum Gasteiger partial charge on any atom is -0.489 e. The number of ether oxygens (including phenoxy) is 1. The molecule has 1 aliphatic rings. The van der Waals surface area contributed by atoms with Gasteiger partial charge in [0.25, 0.3) is 0 Å². The lowest BCUT2D eigenvalue weighted by Crippen LogP contribution is -2.54. The molecule has 1 aliphatic heterocycles. The number of piperidine rings is 1. The third-order valence-electron chi connectivity index (χ3n) is 3.79. The van der Waals surface area contributed by atoms with Crippen LogP contribution in [0.5, 0.6) is 5.75 Å². The van der Waals surface area contributed by atoms with Crippen LogP contribution in [0, 0.1) is 0 Å². The Balaban J connectivity index is 2.33. The molecular weight excluding hydrogens is 236 g/mol. The normalized spacial score (nSPS) is 22.6. The second-order valence-corrected chi connectivity index (χ2v) is 6.36. The predicted octanol–water partition coefficient (Wildman–Crippen LogP) is 3.18. The lowest BCUT2D eigenvalue weighted by molar-refractivity contribution is 0.239. The first kappa shape index (κ1) is 14.2. The molecular formula is C16H26N2O. The Morgan fingerprint density at radius 2 is 2.00 bits per heavy atom. The van der Waals surface area contributed by atoms with E-state index in [1.54, 1.807) is 0 Å². The molecule has 2 N–H and O–H groups in total. The second-order valence-electron chi connectivity index (χ2n) is 6.36. The maximum absolute atomic E-state index is 6.15. The van der Waals surface area contributed by atoms with E-state index in [-0.39, 0.29) is 17.7 Å². The number of para-hydroxylation sites is 2. The van der Waals surface area contributed by atoms with E-state index < -0.39 is 0 Å². The average Bonchev–Trinajstić information content (AvgIpc) is 2.33. The third kappa shape index (κ3) is 3.21. The molecule has 0 bridgehead atoms. The molecule has 1 aromatic rings. The molecule has 106 valence electrons. The molecule has 0 aliphatic carbocycles. The molecule has 2 rings (SSSR count). The van der Waals surface area contributed by atoms with E-state index in [9.17, 15) is 0 Å². The lowest BCUT2D eigenvalue weighted by atomic mass is 9.87. The van der Waals surface area contributed by atoms with Gasteiger partial charge >= 0.3 is 0 Å². The molecule has 19 heavy (non-hydrogen) atoms. The summed E-state index contributed by atoms with van der Waals surface area (Å²) in [5, 5.41) is 0. The first-order valence-corrected chi connectivity index (χ1v) is 7.19. The summed E-state index contributed by atoms with van der Waals surface area (Å²) in [5.74, 6) is 0.958. The number of rotatable bonds is 3. The van der Waals surface area contributed by atoms with Gasteiger partial charge in [-0.05, 0) is 52.7 Å². The fourth-order valence-corrected chi connectivity index (χ4v) is 2.70. The van der Waals surface area contributed by atoms with Crippen molar-refractivity contribution in [3.8, 4) is 5.75 Å². The summed E-state index contributed by atoms with van der Waals surface area (Å²) < 4.78 is 5.94. The Hall–Kier alpha value is -1.22. The van der Waals surface area contributed by atoms with E-state index in [2.05, 4.69) is 44.7 Å². The van der Waals surface area contributed by atoms with Crippen molar-refractivity contribution in [3.05, 3.63) is 24.3 Å². The highest BCUT2D eigenvalue weighted by atomic mass is 16.5. The van der Waals surface area contributed by atoms with Crippen LogP contribution in [0.2, 0.25) is 0 Å². The fraction of sp³-hybridized carbons (Fsp3) is 0.625. The maximum Gasteiger partial charge on any atom is 0.142 e. The SMILES string of the molecule is CC(C)Oc1ccccc1N1CC(N)CCC1(C)C. The zero-order valence-corrected chi connectivity index (χ0v) is 12.5. The molecule has 1 aromatic carbocycles. The minimum atomic E-state index is 0.131. The van der Waals surface area contributed by atoms with Crippen LogP contribution >= 0.6 is 0 Å². The van der Waals surface area contributed by atoms with Crippen molar-refractivity contribution in [3.63, 3.8) is 0 Å². The molecule has 0 spiro atoms. The molecule has 3 nitrogen and oxygen atoms in total. The predicted molar refractivity (Wildman–Crippen MR) is 80.8 cm³/mol. The van der Waals surface area contributed by atoms with E-state index in [4.69, 9.17) is 10.5 Å². The van der Waals surface area contributed by atoms with Crippen molar-refractivity contribution in [2.75, 3.05) is 11.4 Å². The van der Waals surface area contributed by atoms with Gasteiger partial charge in [-0.25, -0.2) is 0 Å². The van der Waals surface area contributed by atoms with Crippen molar-refractivity contribution in [2.45, 2.75) is 58.2 Å². The van der Waals surface area contributed by atoms with Crippen molar-refractivity contribution in [1.82, 2.24) is 0 Å². The number of hydrogen-bond acceptors (Lipinski definition) is 3. The van der Waals surface area contributed by atoms with Gasteiger partial charge in [-0.2, -0.15) is 0 Å². The number of benzene rings is 1. The Bertz CT molecular complexity index is 429. The molecule has 1 saturated heterocycles. The highest BCUT2D eigenvalue weighted by Gasteiger charge is 2.34. The fourth-order valence-electron chi connectivity index (χ4n) is 2.70. The van der Waals surface area contributed by atoms with Gasteiger partial charge in [0.1, 0.15) is 5.75 Å². The molecule has 0 saturated carbocycles. The van der Waals surface area contributed by atoms with E-state index >= 15 is 0 Å². The van der Waals surface area contributed by atoms with Crippen LogP contribution in [-0.4, -0.2) is 24.2 Å². The summed E-state index contributed by atoms with van der Waals surface area (Å²) >= 11 is 0. The summed E-state index contributed by atoms with van der Waals surface area (Å²) in [6.45, 7) is 9.58. The Morgan fingerprint density at radius 3 is 2.68 bits per heavy atom. The summed E-state index contributed by atoms with van der Waals surface area (Å²) in [7, 11) is 0. The first-order chi connectivity index (χ1) is 8.90. The Kier molecular flexibility index (Phi) is 4.04. The summed E-state index contributed by atoms with van der Waals surface area (Å²) in [6.07, 6.45) is 2.39. The van der Waals surface area contributed by atoms with Crippen LogP contribution in [0.3, 0.4) is 0 Å². The first-order valence-electron chi connectivity index (χ1n) is 7.19. The van der Waals surface area contributed by atoms with Crippen LogP contribution in [0.1, 0.15) is 40.5 Å². The van der Waals surface area contributed by atoms with Crippen LogP contribution in [0.25, 0.3) is 0 Å². The van der Waals surface area contributed by atoms with Gasteiger partial charge in [0.2, 0.25) is 0 Å². The minimum absolute atomic E-state index is 0.131. The highest BCUT2D eigenvalue weighted by molar-refractivity contribution is 5.60. The van der Waals surface area contributed by atoms with E-state index in [1.165, 1.54) is 0 Å². The third-order valence-corrected chi connectivity index (χ3v) is 3.79. The van der Waals surface area contributed by atoms with E-state index in [0.29, 0.717) is 0 Å². The Labute approximate surface area is 116 Å². The van der Waals surface area contributed by atoms with Gasteiger partial charge in [0.05, 0.1) is 11.8 Å². The Morgan fingerprint density at radius 1 is 1.32 bits per heavy atom. The molecule has 0 radical (unpaired) electrons. The zero-order chi connectivity index (χ0) is 14.0. The van der Waals surface area contributed by atoms with Crippen LogP contribution in [-0.2, 0) is 0 Å².